The van der Waals surface area contributed by atoms with E-state index in [1.54, 1.807) is 0 Å². The Balaban J connectivity index is 3.11. The Hall–Kier alpha value is -0.770. The van der Waals surface area contributed by atoms with E-state index in [4.69, 9.17) is 0 Å². The molecule has 0 aromatic carbocycles. The lowest BCUT2D eigenvalue weighted by molar-refractivity contribution is 1.55. The first-order valence-corrected chi connectivity index (χ1v) is 0.827. The van der Waals surface area contributed by atoms with Crippen LogP contribution < -0.4 is 5.73 Å². The number of hydrogen-bond acceptors (Lipinski definition) is 1. The molecule has 4 heavy (non-hydrogen) atoms. The fourth-order valence-corrected chi connectivity index (χ4v) is 0. The Kier molecular flexibility index (Phi) is 1.80. The summed E-state index contributed by atoms with van der Waals surface area (Å²) in [6.45, 7) is 4.54. The highest BCUT2D eigenvalue weighted by Crippen LogP contribution is 1.26. The van der Waals surface area contributed by atoms with E-state index in [0.717, 1.165) is 0 Å². The van der Waals surface area contributed by atoms with Crippen LogP contribution in [-0.4, -0.2) is 0 Å². The third-order valence-electron chi connectivity index (χ3n) is 0.0833. The SMILES string of the molecule is [CH+]=C=[C-]N. The molecule has 0 heterocycles. The van der Waals surface area contributed by atoms with E-state index in [1.807, 2.05) is 11.9 Å². The van der Waals surface area contributed by atoms with Gasteiger partial charge < -0.3 is 5.73 Å². The fraction of sp³-hybridized carbons (Fsp3) is 0. The highest BCUT2D eigenvalue weighted by Gasteiger charge is 1.26. The second-order valence-corrected chi connectivity index (χ2v) is 0.289. The molecule has 0 aromatic heterocycles. The van der Waals surface area contributed by atoms with Crippen molar-refractivity contribution in [3.8, 4) is 0 Å². The molecule has 1 heteroatoms. The highest BCUT2D eigenvalue weighted by atomic mass is 14.5. The van der Waals surface area contributed by atoms with Crippen LogP contribution in [0.25, 0.3) is 0 Å². The molecule has 2 N–H and O–H groups in total. The minimum Gasteiger partial charge on any atom is -0.390 e. The van der Waals surface area contributed by atoms with Crippen LogP contribution in [-0.2, 0) is 0 Å². The molecule has 0 saturated heterocycles. The van der Waals surface area contributed by atoms with Crippen molar-refractivity contribution in [3.05, 3.63) is 18.5 Å². The first-order valence-electron chi connectivity index (χ1n) is 0.827. The van der Waals surface area contributed by atoms with Crippen LogP contribution in [0.2, 0.25) is 0 Å². The van der Waals surface area contributed by atoms with E-state index in [2.05, 4.69) is 12.3 Å². The van der Waals surface area contributed by atoms with Gasteiger partial charge in [-0.2, -0.15) is 0 Å². The molecular formula is C3H3N. The molecule has 0 spiro atoms. The average Bonchev–Trinajstić information content (AvgIpc) is 1.37. The van der Waals surface area contributed by atoms with Gasteiger partial charge in [-0.15, -0.1) is 6.58 Å². The molecule has 0 aromatic rings. The quantitative estimate of drug-likeness (QED) is 0.232. The van der Waals surface area contributed by atoms with Gasteiger partial charge in [0.05, 0.1) is 0 Å². The smallest absolute Gasteiger partial charge is 0.115 e. The van der Waals surface area contributed by atoms with Gasteiger partial charge in [-0.05, 0) is 0 Å². The molecule has 0 radical (unpaired) electrons. The molecule has 0 fully saturated rings. The predicted octanol–water partition coefficient (Wildman–Crippen LogP) is -0.150. The lowest BCUT2D eigenvalue weighted by Gasteiger charge is -1.40. The van der Waals surface area contributed by atoms with Crippen molar-refractivity contribution in [2.45, 2.75) is 0 Å². The second-order valence-electron chi connectivity index (χ2n) is 0.289. The van der Waals surface area contributed by atoms with E-state index in [9.17, 15) is 0 Å². The van der Waals surface area contributed by atoms with Gasteiger partial charge in [-0.25, -0.2) is 0 Å². The Labute approximate surface area is 25.4 Å². The number of nitrogens with two attached hydrogens (primary N) is 1. The van der Waals surface area contributed by atoms with Crippen molar-refractivity contribution in [1.29, 1.82) is 0 Å². The van der Waals surface area contributed by atoms with Crippen LogP contribution in [0.1, 0.15) is 0 Å². The molecule has 0 aliphatic carbocycles. The molecule has 0 bridgehead atoms. The van der Waals surface area contributed by atoms with Crippen LogP contribution in [0.5, 0.6) is 0 Å². The van der Waals surface area contributed by atoms with Gasteiger partial charge in [0, 0.05) is 0 Å². The minimum absolute atomic E-state index is 1.96. The summed E-state index contributed by atoms with van der Waals surface area (Å²) in [5, 5.41) is 0. The second kappa shape index (κ2) is 2.23. The first kappa shape index (κ1) is 3.23. The average molecular weight is 53.1 g/mol. The molecule has 0 aliphatic heterocycles. The van der Waals surface area contributed by atoms with Crippen LogP contribution in [0, 0.1) is 12.8 Å². The molecule has 0 rings (SSSR count). The summed E-state index contributed by atoms with van der Waals surface area (Å²) >= 11 is 0. The van der Waals surface area contributed by atoms with E-state index < -0.39 is 0 Å². The van der Waals surface area contributed by atoms with Gasteiger partial charge >= 0.3 is 0 Å². The largest absolute Gasteiger partial charge is 0.390 e. The van der Waals surface area contributed by atoms with Gasteiger partial charge in [0.1, 0.15) is 6.20 Å². The third kappa shape index (κ3) is 1.23. The maximum Gasteiger partial charge on any atom is 0.115 e. The van der Waals surface area contributed by atoms with E-state index in [0.29, 0.717) is 0 Å². The topological polar surface area (TPSA) is 26.0 Å². The molecule has 0 unspecified atom stereocenters. The van der Waals surface area contributed by atoms with Gasteiger partial charge in [0.15, 0.2) is 0 Å². The van der Waals surface area contributed by atoms with Crippen molar-refractivity contribution >= 4 is 0 Å². The van der Waals surface area contributed by atoms with Crippen LogP contribution in [0.15, 0.2) is 5.73 Å². The highest BCUT2D eigenvalue weighted by molar-refractivity contribution is 4.51. The van der Waals surface area contributed by atoms with E-state index in [1.165, 1.54) is 0 Å². The fourth-order valence-electron chi connectivity index (χ4n) is 0. The van der Waals surface area contributed by atoms with Gasteiger partial charge in [-0.3, -0.25) is 0 Å². The summed E-state index contributed by atoms with van der Waals surface area (Å²) in [5.74, 6) is 0. The first-order chi connectivity index (χ1) is 1.91. The standard InChI is InChI=1S/C3H3N/c1-2-3-4/h1H,4H2. The lowest BCUT2D eigenvalue weighted by atomic mass is 10.9. The summed E-state index contributed by atoms with van der Waals surface area (Å²) < 4.78 is 0. The van der Waals surface area contributed by atoms with Crippen LogP contribution >= 0.6 is 0 Å². The Morgan fingerprint density at radius 1 is 2.00 bits per heavy atom. The van der Waals surface area contributed by atoms with Crippen LogP contribution in [0.3, 0.4) is 0 Å². The Bertz CT molecular complexity index is 41.2. The van der Waals surface area contributed by atoms with Gasteiger partial charge in [0.25, 0.3) is 0 Å². The van der Waals surface area contributed by atoms with Crippen LogP contribution in [0.4, 0.5) is 0 Å². The monoisotopic (exact) mass is 53.0 g/mol. The number of rotatable bonds is 0. The molecule has 0 atom stereocenters. The van der Waals surface area contributed by atoms with Crippen molar-refractivity contribution in [1.82, 2.24) is 0 Å². The number of hydrogen-bond donors (Lipinski definition) is 1. The maximum absolute atomic E-state index is 4.54. The van der Waals surface area contributed by atoms with Crippen molar-refractivity contribution in [2.75, 3.05) is 0 Å². The normalized spacial score (nSPS) is 3.75. The Morgan fingerprint density at radius 3 is 2.25 bits per heavy atom. The molecule has 0 saturated carbocycles. The Morgan fingerprint density at radius 2 is 2.25 bits per heavy atom. The molecule has 0 aliphatic rings. The summed E-state index contributed by atoms with van der Waals surface area (Å²) in [7, 11) is 0. The van der Waals surface area contributed by atoms with Crippen molar-refractivity contribution in [2.24, 2.45) is 5.73 Å². The maximum atomic E-state index is 4.54. The third-order valence-corrected chi connectivity index (χ3v) is 0.0833. The van der Waals surface area contributed by atoms with Gasteiger partial charge in [-0.1, -0.05) is 5.73 Å². The van der Waals surface area contributed by atoms with Crippen molar-refractivity contribution in [3.63, 3.8) is 0 Å². The lowest BCUT2D eigenvalue weighted by Crippen LogP contribution is -1.70. The minimum atomic E-state index is 1.96. The zero-order chi connectivity index (χ0) is 3.41. The molecule has 1 nitrogen and oxygen atoms in total. The van der Waals surface area contributed by atoms with E-state index in [-0.39, 0.29) is 0 Å². The summed E-state index contributed by atoms with van der Waals surface area (Å²) in [5.41, 5.74) is 6.50. The zero-order valence-electron chi connectivity index (χ0n) is 2.15. The predicted molar refractivity (Wildman–Crippen MR) is 15.2 cm³/mol. The van der Waals surface area contributed by atoms with Gasteiger partial charge in [0.2, 0.25) is 0 Å². The summed E-state index contributed by atoms with van der Waals surface area (Å²) in [4.78, 5) is 0. The molecule has 20 valence electrons. The van der Waals surface area contributed by atoms with E-state index >= 15 is 0 Å². The zero-order valence-corrected chi connectivity index (χ0v) is 2.15. The van der Waals surface area contributed by atoms with Crippen molar-refractivity contribution < 1.29 is 0 Å². The molecular weight excluding hydrogens is 50.0 g/mol. The summed E-state index contributed by atoms with van der Waals surface area (Å²) in [6, 6.07) is 0. The summed E-state index contributed by atoms with van der Waals surface area (Å²) in [6.07, 6.45) is 1.96. The molecule has 0 amide bonds.